The third-order valence-corrected chi connectivity index (χ3v) is 4.22. The lowest BCUT2D eigenvalue weighted by atomic mass is 9.91. The van der Waals surface area contributed by atoms with E-state index in [0.29, 0.717) is 5.92 Å². The lowest BCUT2D eigenvalue weighted by Crippen LogP contribution is -2.52. The quantitative estimate of drug-likeness (QED) is 0.868. The lowest BCUT2D eigenvalue weighted by Gasteiger charge is -2.32. The summed E-state index contributed by atoms with van der Waals surface area (Å²) in [5.41, 5.74) is 6.22. The molecule has 2 N–H and O–H groups in total. The number of benzene rings is 1. The Labute approximate surface area is 109 Å². The zero-order valence-corrected chi connectivity index (χ0v) is 11.4. The zero-order chi connectivity index (χ0) is 13.3. The lowest BCUT2D eigenvalue weighted by molar-refractivity contribution is -0.137. The fraction of sp³-hybridized carbons (Fsp3) is 0.533. The molecule has 0 radical (unpaired) electrons. The summed E-state index contributed by atoms with van der Waals surface area (Å²) in [5.74, 6) is 0.589. The van der Waals surface area contributed by atoms with Crippen molar-refractivity contribution in [1.29, 1.82) is 0 Å². The van der Waals surface area contributed by atoms with Crippen LogP contribution in [-0.2, 0) is 10.3 Å². The highest BCUT2D eigenvalue weighted by Gasteiger charge is 2.40. The summed E-state index contributed by atoms with van der Waals surface area (Å²) >= 11 is 0. The monoisotopic (exact) mass is 246 g/mol. The Balaban J connectivity index is 2.23. The van der Waals surface area contributed by atoms with Crippen molar-refractivity contribution in [2.75, 3.05) is 6.54 Å². The third kappa shape index (κ3) is 2.15. The molecule has 2 rings (SSSR count). The molecule has 1 heterocycles. The first-order chi connectivity index (χ1) is 8.44. The predicted molar refractivity (Wildman–Crippen MR) is 72.9 cm³/mol. The molecule has 3 unspecified atom stereocenters. The number of nitrogens with zero attached hydrogens (tertiary/aromatic N) is 1. The van der Waals surface area contributed by atoms with Crippen LogP contribution in [0.4, 0.5) is 0 Å². The Morgan fingerprint density at radius 2 is 1.94 bits per heavy atom. The first kappa shape index (κ1) is 13.1. The van der Waals surface area contributed by atoms with E-state index in [9.17, 15) is 4.79 Å². The van der Waals surface area contributed by atoms with E-state index in [2.05, 4.69) is 13.8 Å². The van der Waals surface area contributed by atoms with Gasteiger partial charge < -0.3 is 10.6 Å². The average molecular weight is 246 g/mol. The molecule has 0 bridgehead atoms. The van der Waals surface area contributed by atoms with Gasteiger partial charge in [0.1, 0.15) is 5.54 Å². The second-order valence-electron chi connectivity index (χ2n) is 5.57. The van der Waals surface area contributed by atoms with Crippen molar-refractivity contribution in [3.05, 3.63) is 35.9 Å². The van der Waals surface area contributed by atoms with E-state index >= 15 is 0 Å². The van der Waals surface area contributed by atoms with Gasteiger partial charge in [0.15, 0.2) is 0 Å². The highest BCUT2D eigenvalue weighted by atomic mass is 16.2. The molecule has 1 amide bonds. The molecule has 1 aromatic carbocycles. The summed E-state index contributed by atoms with van der Waals surface area (Å²) in [5, 5.41) is 0. The Morgan fingerprint density at radius 1 is 1.33 bits per heavy atom. The van der Waals surface area contributed by atoms with Crippen LogP contribution in [0.1, 0.15) is 32.8 Å². The van der Waals surface area contributed by atoms with Crippen molar-refractivity contribution >= 4 is 5.91 Å². The molecule has 0 saturated carbocycles. The van der Waals surface area contributed by atoms with Gasteiger partial charge in [0.25, 0.3) is 0 Å². The van der Waals surface area contributed by atoms with Crippen LogP contribution in [0.5, 0.6) is 0 Å². The first-order valence-corrected chi connectivity index (χ1v) is 6.60. The van der Waals surface area contributed by atoms with Gasteiger partial charge in [-0.05, 0) is 31.7 Å². The van der Waals surface area contributed by atoms with Crippen molar-refractivity contribution in [3.8, 4) is 0 Å². The molecule has 3 atom stereocenters. The van der Waals surface area contributed by atoms with Gasteiger partial charge in [-0.3, -0.25) is 4.79 Å². The molecule has 1 aliphatic rings. The standard InChI is InChI=1S/C15H22N2O/c1-11-9-10-17(12(11)2)14(18)15(3,16)13-7-5-4-6-8-13/h4-8,11-12H,9-10,16H2,1-3H3. The molecule has 1 fully saturated rings. The molecule has 98 valence electrons. The number of carbonyl (C=O) groups is 1. The molecular weight excluding hydrogens is 224 g/mol. The fourth-order valence-electron chi connectivity index (χ4n) is 2.59. The smallest absolute Gasteiger partial charge is 0.247 e. The molecule has 1 aromatic rings. The summed E-state index contributed by atoms with van der Waals surface area (Å²) in [6, 6.07) is 9.89. The number of hydrogen-bond donors (Lipinski definition) is 1. The van der Waals surface area contributed by atoms with Crippen LogP contribution in [0.3, 0.4) is 0 Å². The second kappa shape index (κ2) is 4.73. The summed E-state index contributed by atoms with van der Waals surface area (Å²) < 4.78 is 0. The molecule has 18 heavy (non-hydrogen) atoms. The van der Waals surface area contributed by atoms with Gasteiger partial charge in [-0.15, -0.1) is 0 Å². The summed E-state index contributed by atoms with van der Waals surface area (Å²) in [7, 11) is 0. The largest absolute Gasteiger partial charge is 0.338 e. The zero-order valence-electron chi connectivity index (χ0n) is 11.4. The number of rotatable bonds is 2. The SMILES string of the molecule is CC1CCN(C(=O)C(C)(N)c2ccccc2)C1C. The maximum atomic E-state index is 12.6. The second-order valence-corrected chi connectivity index (χ2v) is 5.57. The van der Waals surface area contributed by atoms with Gasteiger partial charge in [-0.1, -0.05) is 37.3 Å². The van der Waals surface area contributed by atoms with Crippen molar-refractivity contribution in [1.82, 2.24) is 4.90 Å². The number of amides is 1. The highest BCUT2D eigenvalue weighted by molar-refractivity contribution is 5.87. The topological polar surface area (TPSA) is 46.3 Å². The van der Waals surface area contributed by atoms with E-state index in [1.807, 2.05) is 35.2 Å². The fourth-order valence-corrected chi connectivity index (χ4v) is 2.59. The van der Waals surface area contributed by atoms with Crippen LogP contribution in [0.2, 0.25) is 0 Å². The van der Waals surface area contributed by atoms with Crippen LogP contribution in [-0.4, -0.2) is 23.4 Å². The first-order valence-electron chi connectivity index (χ1n) is 6.60. The highest BCUT2D eigenvalue weighted by Crippen LogP contribution is 2.28. The number of carbonyl (C=O) groups excluding carboxylic acids is 1. The molecule has 1 aliphatic heterocycles. The minimum absolute atomic E-state index is 0.0329. The molecule has 3 nitrogen and oxygen atoms in total. The van der Waals surface area contributed by atoms with Gasteiger partial charge in [-0.2, -0.15) is 0 Å². The Morgan fingerprint density at radius 3 is 2.44 bits per heavy atom. The number of hydrogen-bond acceptors (Lipinski definition) is 2. The third-order valence-electron chi connectivity index (χ3n) is 4.22. The molecule has 0 spiro atoms. The Hall–Kier alpha value is -1.35. The molecule has 3 heteroatoms. The molecule has 1 saturated heterocycles. The van der Waals surface area contributed by atoms with Crippen molar-refractivity contribution in [2.24, 2.45) is 11.7 Å². The van der Waals surface area contributed by atoms with Crippen LogP contribution in [0.15, 0.2) is 30.3 Å². The Bertz CT molecular complexity index is 427. The van der Waals surface area contributed by atoms with Crippen LogP contribution < -0.4 is 5.73 Å². The van der Waals surface area contributed by atoms with Gasteiger partial charge in [0, 0.05) is 12.6 Å². The van der Waals surface area contributed by atoms with E-state index in [-0.39, 0.29) is 11.9 Å². The predicted octanol–water partition coefficient (Wildman–Crippen LogP) is 2.12. The maximum Gasteiger partial charge on any atom is 0.247 e. The van der Waals surface area contributed by atoms with Gasteiger partial charge in [0.05, 0.1) is 0 Å². The van der Waals surface area contributed by atoms with E-state index in [4.69, 9.17) is 5.73 Å². The summed E-state index contributed by atoms with van der Waals surface area (Å²) in [4.78, 5) is 14.6. The van der Waals surface area contributed by atoms with E-state index in [1.54, 1.807) is 6.92 Å². The van der Waals surface area contributed by atoms with Crippen LogP contribution in [0.25, 0.3) is 0 Å². The minimum atomic E-state index is -0.931. The van der Waals surface area contributed by atoms with E-state index < -0.39 is 5.54 Å². The van der Waals surface area contributed by atoms with Crippen LogP contribution in [0, 0.1) is 5.92 Å². The van der Waals surface area contributed by atoms with Crippen molar-refractivity contribution in [3.63, 3.8) is 0 Å². The minimum Gasteiger partial charge on any atom is -0.338 e. The van der Waals surface area contributed by atoms with Gasteiger partial charge in [0.2, 0.25) is 5.91 Å². The van der Waals surface area contributed by atoms with Crippen molar-refractivity contribution in [2.45, 2.75) is 38.8 Å². The molecule has 0 aromatic heterocycles. The summed E-state index contributed by atoms with van der Waals surface area (Å²) in [6.45, 7) is 6.92. The maximum absolute atomic E-state index is 12.6. The number of nitrogens with two attached hydrogens (primary N) is 1. The average Bonchev–Trinajstić information content (AvgIpc) is 2.70. The van der Waals surface area contributed by atoms with Crippen molar-refractivity contribution < 1.29 is 4.79 Å². The Kier molecular flexibility index (Phi) is 3.44. The van der Waals surface area contributed by atoms with E-state index in [0.717, 1.165) is 18.5 Å². The molecular formula is C15H22N2O. The molecule has 0 aliphatic carbocycles. The van der Waals surface area contributed by atoms with Gasteiger partial charge in [-0.25, -0.2) is 0 Å². The number of likely N-dealkylation sites (tertiary alicyclic amines) is 1. The summed E-state index contributed by atoms with van der Waals surface area (Å²) in [6.07, 6.45) is 1.07. The van der Waals surface area contributed by atoms with Gasteiger partial charge >= 0.3 is 0 Å². The normalized spacial score (nSPS) is 27.0. The van der Waals surface area contributed by atoms with Crippen LogP contribution >= 0.6 is 0 Å². The van der Waals surface area contributed by atoms with E-state index in [1.165, 1.54) is 0 Å².